The van der Waals surface area contributed by atoms with E-state index in [1.807, 2.05) is 6.07 Å². The molecule has 0 bridgehead atoms. The minimum absolute atomic E-state index is 0.0294. The topological polar surface area (TPSA) is 82.1 Å². The van der Waals surface area contributed by atoms with Crippen LogP contribution >= 0.6 is 0 Å². The lowest BCUT2D eigenvalue weighted by atomic mass is 10.1. The van der Waals surface area contributed by atoms with Gasteiger partial charge in [-0.2, -0.15) is 0 Å². The molecule has 0 amide bonds. The number of carbonyl (C=O) groups is 1. The minimum atomic E-state index is -3.89. The van der Waals surface area contributed by atoms with E-state index in [0.29, 0.717) is 22.6 Å². The van der Waals surface area contributed by atoms with E-state index in [1.54, 1.807) is 78.1 Å². The van der Waals surface area contributed by atoms with Crippen LogP contribution in [0.15, 0.2) is 47.4 Å². The summed E-state index contributed by atoms with van der Waals surface area (Å²) in [5.41, 5.74) is 1.08. The molecular weight excluding hydrogens is 418 g/mol. The predicted octanol–water partition coefficient (Wildman–Crippen LogP) is 3.87. The van der Waals surface area contributed by atoms with E-state index in [2.05, 4.69) is 0 Å². The van der Waals surface area contributed by atoms with Gasteiger partial charge in [-0.25, -0.2) is 13.2 Å². The smallest absolute Gasteiger partial charge is 0.332 e. The van der Waals surface area contributed by atoms with E-state index >= 15 is 0 Å². The van der Waals surface area contributed by atoms with Gasteiger partial charge in [0.1, 0.15) is 18.0 Å². The normalized spacial score (nSPS) is 11.8. The maximum Gasteiger partial charge on any atom is 0.332 e. The molecule has 170 valence electrons. The van der Waals surface area contributed by atoms with Gasteiger partial charge in [-0.05, 0) is 70.0 Å². The lowest BCUT2D eigenvalue weighted by Crippen LogP contribution is -2.35. The van der Waals surface area contributed by atoms with Crippen LogP contribution in [-0.4, -0.2) is 46.9 Å². The van der Waals surface area contributed by atoms with E-state index < -0.39 is 21.6 Å². The highest BCUT2D eigenvalue weighted by Gasteiger charge is 2.28. The quantitative estimate of drug-likeness (QED) is 0.427. The third-order valence-electron chi connectivity index (χ3n) is 4.34. The Morgan fingerprint density at radius 3 is 2.13 bits per heavy atom. The molecule has 0 aliphatic carbocycles. The molecule has 0 fully saturated rings. The SMILES string of the molecule is COc1cc(C)c(S(=O)(=O)N(CCOCC(=O)OC(C)(C)C)c2ccccc2)c(C)c1. The zero-order valence-corrected chi connectivity index (χ0v) is 19.8. The number of methoxy groups -OCH3 is 1. The number of hydrogen-bond donors (Lipinski definition) is 0. The van der Waals surface area contributed by atoms with Gasteiger partial charge in [-0.3, -0.25) is 4.31 Å². The van der Waals surface area contributed by atoms with Crippen molar-refractivity contribution in [1.29, 1.82) is 0 Å². The number of anilines is 1. The van der Waals surface area contributed by atoms with Crippen LogP contribution in [0.1, 0.15) is 31.9 Å². The first-order chi connectivity index (χ1) is 14.5. The molecule has 8 heteroatoms. The van der Waals surface area contributed by atoms with Crippen LogP contribution < -0.4 is 9.04 Å². The van der Waals surface area contributed by atoms with Gasteiger partial charge in [0.05, 0.1) is 30.8 Å². The molecule has 0 atom stereocenters. The molecule has 2 aromatic carbocycles. The molecule has 0 radical (unpaired) electrons. The fourth-order valence-corrected chi connectivity index (χ4v) is 5.07. The Kier molecular flexibility index (Phi) is 8.08. The lowest BCUT2D eigenvalue weighted by Gasteiger charge is -2.26. The number of sulfonamides is 1. The highest BCUT2D eigenvalue weighted by atomic mass is 32.2. The van der Waals surface area contributed by atoms with Crippen molar-refractivity contribution in [2.24, 2.45) is 0 Å². The minimum Gasteiger partial charge on any atom is -0.497 e. The molecule has 2 rings (SSSR count). The largest absolute Gasteiger partial charge is 0.497 e. The van der Waals surface area contributed by atoms with Crippen LogP contribution in [0.2, 0.25) is 0 Å². The summed E-state index contributed by atoms with van der Waals surface area (Å²) in [7, 11) is -2.35. The fourth-order valence-electron chi connectivity index (χ4n) is 3.20. The summed E-state index contributed by atoms with van der Waals surface area (Å²) >= 11 is 0. The van der Waals surface area contributed by atoms with E-state index in [0.717, 1.165) is 0 Å². The van der Waals surface area contributed by atoms with Gasteiger partial charge in [-0.1, -0.05) is 18.2 Å². The molecule has 31 heavy (non-hydrogen) atoms. The van der Waals surface area contributed by atoms with Gasteiger partial charge in [0.15, 0.2) is 0 Å². The summed E-state index contributed by atoms with van der Waals surface area (Å²) in [6.45, 7) is 8.62. The number of hydrogen-bond acceptors (Lipinski definition) is 6. The third kappa shape index (κ3) is 6.70. The van der Waals surface area contributed by atoms with Crippen LogP contribution in [0, 0.1) is 13.8 Å². The highest BCUT2D eigenvalue weighted by molar-refractivity contribution is 7.93. The van der Waals surface area contributed by atoms with E-state index in [4.69, 9.17) is 14.2 Å². The Morgan fingerprint density at radius 2 is 1.61 bits per heavy atom. The average molecular weight is 450 g/mol. The first kappa shape index (κ1) is 24.7. The number of carbonyl (C=O) groups excluding carboxylic acids is 1. The second-order valence-corrected chi connectivity index (χ2v) is 9.94. The Bertz CT molecular complexity index is 973. The van der Waals surface area contributed by atoms with Crippen LogP contribution in [0.25, 0.3) is 0 Å². The molecule has 7 nitrogen and oxygen atoms in total. The summed E-state index contributed by atoms with van der Waals surface area (Å²) in [5.74, 6) is 0.101. The molecule has 0 heterocycles. The molecule has 0 aromatic heterocycles. The number of para-hydroxylation sites is 1. The van der Waals surface area contributed by atoms with Crippen molar-refractivity contribution in [1.82, 2.24) is 0 Å². The average Bonchev–Trinajstić information content (AvgIpc) is 2.66. The Labute approximate surface area is 185 Å². The van der Waals surface area contributed by atoms with Crippen LogP contribution in [-0.2, 0) is 24.3 Å². The highest BCUT2D eigenvalue weighted by Crippen LogP contribution is 2.30. The summed E-state index contributed by atoms with van der Waals surface area (Å²) in [4.78, 5) is 12.1. The number of benzene rings is 2. The third-order valence-corrected chi connectivity index (χ3v) is 6.47. The lowest BCUT2D eigenvalue weighted by molar-refractivity contribution is -0.160. The molecule has 0 aliphatic heterocycles. The van der Waals surface area contributed by atoms with Crippen LogP contribution in [0.4, 0.5) is 5.69 Å². The second kappa shape index (κ2) is 10.2. The molecule has 0 saturated heterocycles. The molecule has 0 N–H and O–H groups in total. The molecule has 0 spiro atoms. The Balaban J connectivity index is 2.26. The standard InChI is InChI=1S/C23H31NO6S/c1-17-14-20(28-6)15-18(2)22(17)31(26,27)24(19-10-8-7-9-11-19)12-13-29-16-21(25)30-23(3,4)5/h7-11,14-15H,12-13,16H2,1-6H3. The van der Waals surface area contributed by atoms with Gasteiger partial charge < -0.3 is 14.2 Å². The van der Waals surface area contributed by atoms with E-state index in [9.17, 15) is 13.2 Å². The maximum atomic E-state index is 13.6. The van der Waals surface area contributed by atoms with Gasteiger partial charge in [0, 0.05) is 0 Å². The van der Waals surface area contributed by atoms with Crippen molar-refractivity contribution in [2.75, 3.05) is 31.2 Å². The van der Waals surface area contributed by atoms with Gasteiger partial charge in [-0.15, -0.1) is 0 Å². The predicted molar refractivity (Wildman–Crippen MR) is 120 cm³/mol. The van der Waals surface area contributed by atoms with E-state index in [1.165, 1.54) is 4.31 Å². The molecule has 0 aliphatic rings. The molecule has 0 saturated carbocycles. The zero-order valence-electron chi connectivity index (χ0n) is 19.0. The van der Waals surface area contributed by atoms with Gasteiger partial charge in [0.2, 0.25) is 0 Å². The second-order valence-electron chi connectivity index (χ2n) is 8.14. The molecule has 2 aromatic rings. The van der Waals surface area contributed by atoms with Crippen molar-refractivity contribution in [3.8, 4) is 5.75 Å². The number of esters is 1. The van der Waals surface area contributed by atoms with Crippen LogP contribution in [0.5, 0.6) is 5.75 Å². The summed E-state index contributed by atoms with van der Waals surface area (Å²) in [6.07, 6.45) is 0. The summed E-state index contributed by atoms with van der Waals surface area (Å²) in [6, 6.07) is 12.2. The first-order valence-corrected chi connectivity index (χ1v) is 11.4. The Morgan fingerprint density at radius 1 is 1.03 bits per heavy atom. The molecule has 0 unspecified atom stereocenters. The number of aryl methyl sites for hydroxylation is 2. The monoisotopic (exact) mass is 449 g/mol. The van der Waals surface area contributed by atoms with Crippen molar-refractivity contribution in [3.63, 3.8) is 0 Å². The van der Waals surface area contributed by atoms with Crippen molar-refractivity contribution < 1.29 is 27.4 Å². The first-order valence-electron chi connectivity index (χ1n) is 9.98. The van der Waals surface area contributed by atoms with Crippen molar-refractivity contribution in [2.45, 2.75) is 45.1 Å². The summed E-state index contributed by atoms with van der Waals surface area (Å²) in [5, 5.41) is 0. The Hall–Kier alpha value is -2.58. The number of nitrogens with zero attached hydrogens (tertiary/aromatic N) is 1. The van der Waals surface area contributed by atoms with Gasteiger partial charge >= 0.3 is 5.97 Å². The summed E-state index contributed by atoms with van der Waals surface area (Å²) < 4.78 is 44.4. The van der Waals surface area contributed by atoms with E-state index in [-0.39, 0.29) is 24.7 Å². The number of rotatable bonds is 9. The number of ether oxygens (including phenoxy) is 3. The van der Waals surface area contributed by atoms with Crippen LogP contribution in [0.3, 0.4) is 0 Å². The van der Waals surface area contributed by atoms with Crippen molar-refractivity contribution in [3.05, 3.63) is 53.6 Å². The van der Waals surface area contributed by atoms with Gasteiger partial charge in [0.25, 0.3) is 10.0 Å². The molecular formula is C23H31NO6S. The zero-order chi connectivity index (χ0) is 23.2. The maximum absolute atomic E-state index is 13.6. The van der Waals surface area contributed by atoms with Crippen molar-refractivity contribution >= 4 is 21.7 Å². The fraction of sp³-hybridized carbons (Fsp3) is 0.435.